The lowest BCUT2D eigenvalue weighted by atomic mass is 10.1. The van der Waals surface area contributed by atoms with Gasteiger partial charge in [0.25, 0.3) is 11.4 Å². The van der Waals surface area contributed by atoms with Gasteiger partial charge >= 0.3 is 23.5 Å². The average Bonchev–Trinajstić information content (AvgIpc) is 3.00. The van der Waals surface area contributed by atoms with Gasteiger partial charge in [0.1, 0.15) is 28.7 Å². The molecule has 2 unspecified atom stereocenters. The van der Waals surface area contributed by atoms with Crippen LogP contribution in [0.2, 0.25) is 0 Å². The number of hydrogen-bond acceptors (Lipinski definition) is 15. The van der Waals surface area contributed by atoms with Gasteiger partial charge in [-0.3, -0.25) is 25.0 Å². The lowest BCUT2D eigenvalue weighted by Crippen LogP contribution is -2.53. The second-order valence-electron chi connectivity index (χ2n) is 16.3. The fraction of sp³-hybridized carbons (Fsp3) is 0.579. The first-order valence-corrected chi connectivity index (χ1v) is 18.0. The predicted molar refractivity (Wildman–Crippen MR) is 211 cm³/mol. The number of esters is 2. The topological polar surface area (TPSA) is 248 Å². The minimum Gasteiger partial charge on any atom is -0.459 e. The highest BCUT2D eigenvalue weighted by Crippen LogP contribution is 2.21. The van der Waals surface area contributed by atoms with Crippen LogP contribution in [0.1, 0.15) is 96.9 Å². The van der Waals surface area contributed by atoms with E-state index in [0.29, 0.717) is 0 Å². The van der Waals surface area contributed by atoms with Gasteiger partial charge in [0.15, 0.2) is 6.04 Å². The smallest absolute Gasteiger partial charge is 0.413 e. The van der Waals surface area contributed by atoms with Crippen molar-refractivity contribution in [1.82, 2.24) is 5.32 Å². The SMILES string of the molecule is CC(OC(C)(C)C)[C@H](N)C(=O)OC(C)(C)C.CC(OC(C)(C)C)[C@H](NC(=O)Oc1ccc([N+](=O)[O-])cc1)C(=O)OC(C)(C)C.O=C(Cl)Oc1ccc([N+](=O)[O-])cc1. The molecule has 2 aromatic carbocycles. The molecule has 1 amide bonds. The molecular weight excluding hydrogens is 772 g/mol. The van der Waals surface area contributed by atoms with Crippen LogP contribution in [0.3, 0.4) is 0 Å². The number of nitrogens with zero attached hydrogens (tertiary/aromatic N) is 2. The molecule has 2 rings (SSSR count). The zero-order chi connectivity index (χ0) is 44.7. The van der Waals surface area contributed by atoms with Crippen molar-refractivity contribution in [2.75, 3.05) is 0 Å². The first kappa shape index (κ1) is 52.1. The first-order chi connectivity index (χ1) is 25.7. The second kappa shape index (κ2) is 22.1. The molecule has 0 aliphatic heterocycles. The van der Waals surface area contributed by atoms with Gasteiger partial charge in [0, 0.05) is 35.9 Å². The van der Waals surface area contributed by atoms with Crippen LogP contribution < -0.4 is 20.5 Å². The van der Waals surface area contributed by atoms with Crippen molar-refractivity contribution < 1.29 is 57.4 Å². The van der Waals surface area contributed by atoms with Gasteiger partial charge in [-0.15, -0.1) is 0 Å². The maximum absolute atomic E-state index is 12.5. The van der Waals surface area contributed by atoms with Gasteiger partial charge in [-0.25, -0.2) is 14.4 Å². The summed E-state index contributed by atoms with van der Waals surface area (Å²) in [6, 6.07) is 8.15. The Labute approximate surface area is 338 Å². The molecule has 0 aliphatic rings. The molecule has 3 N–H and O–H groups in total. The minimum absolute atomic E-state index is 0.0747. The quantitative estimate of drug-likeness (QED) is 0.0949. The Morgan fingerprint density at radius 1 is 0.614 bits per heavy atom. The van der Waals surface area contributed by atoms with E-state index in [9.17, 15) is 39.4 Å². The van der Waals surface area contributed by atoms with Gasteiger partial charge in [-0.05, 0) is 121 Å². The summed E-state index contributed by atoms with van der Waals surface area (Å²) in [7, 11) is 0. The second-order valence-corrected chi connectivity index (χ2v) is 16.6. The minimum atomic E-state index is -1.11. The van der Waals surface area contributed by atoms with Crippen molar-refractivity contribution in [3.8, 4) is 11.5 Å². The summed E-state index contributed by atoms with van der Waals surface area (Å²) >= 11 is 4.92. The van der Waals surface area contributed by atoms with Crippen molar-refractivity contribution in [2.24, 2.45) is 5.73 Å². The highest BCUT2D eigenvalue weighted by molar-refractivity contribution is 6.61. The third kappa shape index (κ3) is 24.4. The van der Waals surface area contributed by atoms with E-state index in [4.69, 9.17) is 41.0 Å². The number of nitro benzene ring substituents is 2. The van der Waals surface area contributed by atoms with E-state index in [-0.39, 0.29) is 34.6 Å². The molecule has 57 heavy (non-hydrogen) atoms. The molecule has 0 heterocycles. The van der Waals surface area contributed by atoms with E-state index in [1.807, 2.05) is 62.3 Å². The number of hydrogen-bond donors (Lipinski definition) is 2. The maximum atomic E-state index is 12.5. The van der Waals surface area contributed by atoms with Crippen LogP contribution in [0.4, 0.5) is 21.0 Å². The van der Waals surface area contributed by atoms with Crippen molar-refractivity contribution in [2.45, 2.75) is 144 Å². The lowest BCUT2D eigenvalue weighted by molar-refractivity contribution is -0.385. The molecule has 0 radical (unpaired) electrons. The standard InChI is InChI=1S/C19H28N2O7.C12H25NO3.C7H4ClNO4/c1-12(27-18(2,3)4)15(16(22)28-19(5,6)7)20-17(23)26-14-10-8-13(9-11-14)21(24)25;1-8(15-11(2,3)4)9(13)10(14)16-12(5,6)7;8-7(10)13-6-3-1-5(2-4-6)9(11)12/h8-12,15H,1-7H3,(H,20,23);8-9H,13H2,1-7H3;1-4H/t12?,15-;8?,9-;/m00./s1. The summed E-state index contributed by atoms with van der Waals surface area (Å²) in [6.45, 7) is 25.2. The van der Waals surface area contributed by atoms with Crippen LogP contribution in [-0.4, -0.2) is 80.0 Å². The molecular formula is C38H57ClN4O14. The van der Waals surface area contributed by atoms with E-state index < -0.39 is 68.3 Å². The Balaban J connectivity index is 0.000000911. The van der Waals surface area contributed by atoms with E-state index >= 15 is 0 Å². The van der Waals surface area contributed by atoms with Gasteiger partial charge in [-0.2, -0.15) is 0 Å². The number of rotatable bonds is 11. The molecule has 0 saturated carbocycles. The first-order valence-electron chi connectivity index (χ1n) is 17.6. The van der Waals surface area contributed by atoms with Crippen LogP contribution in [0.5, 0.6) is 11.5 Å². The lowest BCUT2D eigenvalue weighted by Gasteiger charge is -2.31. The highest BCUT2D eigenvalue weighted by atomic mass is 35.5. The number of halogens is 1. The third-order valence-corrected chi connectivity index (χ3v) is 6.25. The number of nitrogens with two attached hydrogens (primary N) is 1. The van der Waals surface area contributed by atoms with Crippen molar-refractivity contribution in [3.63, 3.8) is 0 Å². The Morgan fingerprint density at radius 2 is 0.965 bits per heavy atom. The summed E-state index contributed by atoms with van der Waals surface area (Å²) in [6.07, 6.45) is -1.97. The Morgan fingerprint density at radius 3 is 1.30 bits per heavy atom. The summed E-state index contributed by atoms with van der Waals surface area (Å²) in [5, 5.41) is 23.3. The molecule has 0 spiro atoms. The maximum Gasteiger partial charge on any atom is 0.413 e. The fourth-order valence-electron chi connectivity index (χ4n) is 4.18. The van der Waals surface area contributed by atoms with Gasteiger partial charge in [0.2, 0.25) is 0 Å². The van der Waals surface area contributed by atoms with Crippen LogP contribution in [-0.2, 0) is 28.5 Å². The van der Waals surface area contributed by atoms with Crippen LogP contribution in [0.25, 0.3) is 0 Å². The van der Waals surface area contributed by atoms with E-state index in [0.717, 1.165) is 0 Å². The molecule has 320 valence electrons. The number of benzene rings is 2. The number of ether oxygens (including phenoxy) is 6. The predicted octanol–water partition coefficient (Wildman–Crippen LogP) is 7.79. The molecule has 18 nitrogen and oxygen atoms in total. The summed E-state index contributed by atoms with van der Waals surface area (Å²) in [5.41, 5.74) is 2.45. The Kier molecular flexibility index (Phi) is 20.2. The van der Waals surface area contributed by atoms with Crippen LogP contribution in [0.15, 0.2) is 48.5 Å². The van der Waals surface area contributed by atoms with Crippen LogP contribution >= 0.6 is 11.6 Å². The number of amides is 1. The molecule has 0 bridgehead atoms. The van der Waals surface area contributed by atoms with E-state index in [2.05, 4.69) is 10.1 Å². The van der Waals surface area contributed by atoms with E-state index in [1.54, 1.807) is 34.6 Å². The molecule has 0 aliphatic carbocycles. The van der Waals surface area contributed by atoms with Crippen LogP contribution in [0, 0.1) is 20.2 Å². The molecule has 4 atom stereocenters. The van der Waals surface area contributed by atoms with Crippen molar-refractivity contribution in [1.29, 1.82) is 0 Å². The van der Waals surface area contributed by atoms with Crippen molar-refractivity contribution in [3.05, 3.63) is 68.8 Å². The largest absolute Gasteiger partial charge is 0.459 e. The summed E-state index contributed by atoms with van der Waals surface area (Å²) < 4.78 is 31.5. The monoisotopic (exact) mass is 828 g/mol. The average molecular weight is 829 g/mol. The number of nitro groups is 2. The Bertz CT molecular complexity index is 1640. The van der Waals surface area contributed by atoms with Gasteiger partial charge in [0.05, 0.1) is 33.3 Å². The Hall–Kier alpha value is -4.91. The fourth-order valence-corrected chi connectivity index (χ4v) is 4.27. The number of carbonyl (C=O) groups is 4. The van der Waals surface area contributed by atoms with Gasteiger partial charge < -0.3 is 39.5 Å². The van der Waals surface area contributed by atoms with Gasteiger partial charge in [-0.1, -0.05) is 0 Å². The third-order valence-electron chi connectivity index (χ3n) is 6.17. The van der Waals surface area contributed by atoms with Crippen molar-refractivity contribution >= 4 is 46.4 Å². The summed E-state index contributed by atoms with van der Waals surface area (Å²) in [4.78, 5) is 66.5. The van der Waals surface area contributed by atoms with E-state index in [1.165, 1.54) is 48.5 Å². The highest BCUT2D eigenvalue weighted by Gasteiger charge is 2.35. The number of non-ortho nitro benzene ring substituents is 2. The number of carbonyl (C=O) groups excluding carboxylic acids is 4. The normalized spacial score (nSPS) is 13.7. The molecule has 0 fully saturated rings. The molecule has 0 aromatic heterocycles. The zero-order valence-electron chi connectivity index (χ0n) is 35.0. The molecule has 19 heteroatoms. The molecule has 0 saturated heterocycles. The zero-order valence-corrected chi connectivity index (χ0v) is 35.7. The molecule has 2 aromatic rings. The summed E-state index contributed by atoms with van der Waals surface area (Å²) in [5.74, 6) is -0.824. The number of nitrogens with one attached hydrogen (secondary N) is 1.